The first-order valence-corrected chi connectivity index (χ1v) is 12.8. The zero-order valence-corrected chi connectivity index (χ0v) is 22.2. The van der Waals surface area contributed by atoms with Crippen LogP contribution < -0.4 is 10.6 Å². The van der Waals surface area contributed by atoms with E-state index >= 15 is 0 Å². The van der Waals surface area contributed by atoms with E-state index in [-0.39, 0.29) is 23.5 Å². The molecule has 0 radical (unpaired) electrons. The van der Waals surface area contributed by atoms with Crippen LogP contribution in [0.25, 0.3) is 0 Å². The van der Waals surface area contributed by atoms with Crippen molar-refractivity contribution in [3.8, 4) is 0 Å². The van der Waals surface area contributed by atoms with Crippen LogP contribution in [0.4, 0.5) is 5.69 Å². The summed E-state index contributed by atoms with van der Waals surface area (Å²) in [6, 6.07) is 11.2. The molecule has 0 aliphatic rings. The molecule has 0 aliphatic heterocycles. The number of carbonyl (C=O) groups excluding carboxylic acids is 2. The van der Waals surface area contributed by atoms with E-state index < -0.39 is 6.04 Å². The number of allylic oxidation sites excluding steroid dienone is 1. The van der Waals surface area contributed by atoms with Crippen LogP contribution in [-0.2, 0) is 11.3 Å². The first-order chi connectivity index (χ1) is 16.7. The summed E-state index contributed by atoms with van der Waals surface area (Å²) in [6.07, 6.45) is 1.70. The van der Waals surface area contributed by atoms with Crippen molar-refractivity contribution in [1.29, 1.82) is 0 Å². The van der Waals surface area contributed by atoms with Gasteiger partial charge in [0.15, 0.2) is 11.0 Å². The molecule has 0 spiro atoms. The minimum Gasteiger partial charge on any atom is -0.342 e. The molecule has 0 fully saturated rings. The lowest BCUT2D eigenvalue weighted by Crippen LogP contribution is -2.34. The summed E-state index contributed by atoms with van der Waals surface area (Å²) in [5.74, 6) is 0.0355. The maximum absolute atomic E-state index is 12.9. The van der Waals surface area contributed by atoms with Crippen molar-refractivity contribution in [2.45, 2.75) is 31.6 Å². The van der Waals surface area contributed by atoms with E-state index in [2.05, 4.69) is 27.4 Å². The molecule has 7 nitrogen and oxygen atoms in total. The minimum atomic E-state index is -0.445. The molecule has 2 amide bonds. The van der Waals surface area contributed by atoms with Crippen LogP contribution in [0, 0.1) is 5.92 Å². The van der Waals surface area contributed by atoms with Gasteiger partial charge in [-0.1, -0.05) is 78.6 Å². The van der Waals surface area contributed by atoms with Crippen molar-refractivity contribution in [1.82, 2.24) is 20.1 Å². The Balaban J connectivity index is 1.77. The highest BCUT2D eigenvalue weighted by Crippen LogP contribution is 2.28. The lowest BCUT2D eigenvalue weighted by atomic mass is 10.0. The number of halogens is 3. The van der Waals surface area contributed by atoms with Gasteiger partial charge in [-0.15, -0.1) is 16.8 Å². The normalized spacial score (nSPS) is 11.8. The lowest BCUT2D eigenvalue weighted by molar-refractivity contribution is -0.113. The van der Waals surface area contributed by atoms with Crippen LogP contribution in [0.15, 0.2) is 60.3 Å². The molecule has 2 aromatic carbocycles. The standard InChI is InChI=1S/C24H24Cl3N5O2S/c1-4-11-32-22(21(14(2)3)29-23(34)16-7-5-6-8-17(16)26)30-31-24(32)35-13-20(33)28-19-12-15(25)9-10-18(19)27/h4-10,12,14,21H,1,11,13H2,2-3H3,(H,28,33)(H,29,34). The fourth-order valence-electron chi connectivity index (χ4n) is 3.24. The predicted octanol–water partition coefficient (Wildman–Crippen LogP) is 6.28. The fourth-order valence-corrected chi connectivity index (χ4v) is 4.55. The van der Waals surface area contributed by atoms with Crippen molar-refractivity contribution in [3.05, 3.63) is 81.6 Å². The summed E-state index contributed by atoms with van der Waals surface area (Å²) in [7, 11) is 0. The Labute approximate surface area is 223 Å². The quantitative estimate of drug-likeness (QED) is 0.228. The number of hydrogen-bond acceptors (Lipinski definition) is 5. The topological polar surface area (TPSA) is 88.9 Å². The third-order valence-corrected chi connectivity index (χ3v) is 6.80. The van der Waals surface area contributed by atoms with Crippen LogP contribution in [0.5, 0.6) is 0 Å². The van der Waals surface area contributed by atoms with E-state index in [0.717, 1.165) is 0 Å². The van der Waals surface area contributed by atoms with Gasteiger partial charge in [0.05, 0.1) is 33.1 Å². The number of nitrogens with one attached hydrogen (secondary N) is 2. The molecule has 0 bridgehead atoms. The zero-order valence-electron chi connectivity index (χ0n) is 19.1. The molecular formula is C24H24Cl3N5O2S. The second kappa shape index (κ2) is 12.4. The first-order valence-electron chi connectivity index (χ1n) is 10.7. The summed E-state index contributed by atoms with van der Waals surface area (Å²) in [5, 5.41) is 16.1. The van der Waals surface area contributed by atoms with Crippen LogP contribution in [0.2, 0.25) is 15.1 Å². The van der Waals surface area contributed by atoms with Gasteiger partial charge < -0.3 is 15.2 Å². The van der Waals surface area contributed by atoms with Crippen molar-refractivity contribution < 1.29 is 9.59 Å². The SMILES string of the molecule is C=CCn1c(SCC(=O)Nc2cc(Cl)ccc2Cl)nnc1C(NC(=O)c1ccccc1Cl)C(C)C. The molecule has 1 heterocycles. The Bertz CT molecular complexity index is 1230. The number of carbonyl (C=O) groups is 2. The number of amides is 2. The van der Waals surface area contributed by atoms with Crippen LogP contribution in [0.1, 0.15) is 36.1 Å². The van der Waals surface area contributed by atoms with Crippen molar-refractivity contribution in [3.63, 3.8) is 0 Å². The molecule has 0 aliphatic carbocycles. The number of benzene rings is 2. The highest BCUT2D eigenvalue weighted by molar-refractivity contribution is 7.99. The number of nitrogens with zero attached hydrogens (tertiary/aromatic N) is 3. The van der Waals surface area contributed by atoms with Gasteiger partial charge in [0.25, 0.3) is 5.91 Å². The van der Waals surface area contributed by atoms with Gasteiger partial charge in [0, 0.05) is 11.6 Å². The first kappa shape index (κ1) is 27.1. The molecule has 1 unspecified atom stereocenters. The monoisotopic (exact) mass is 551 g/mol. The van der Waals surface area contributed by atoms with Crippen LogP contribution in [0.3, 0.4) is 0 Å². The largest absolute Gasteiger partial charge is 0.342 e. The van der Waals surface area contributed by atoms with E-state index in [1.54, 1.807) is 48.5 Å². The van der Waals surface area contributed by atoms with Crippen LogP contribution >= 0.6 is 46.6 Å². The zero-order chi connectivity index (χ0) is 25.5. The third-order valence-electron chi connectivity index (χ3n) is 4.94. The maximum atomic E-state index is 12.9. The molecule has 0 saturated heterocycles. The fraction of sp³-hybridized carbons (Fsp3) is 0.250. The van der Waals surface area contributed by atoms with E-state index in [1.165, 1.54) is 11.8 Å². The number of hydrogen-bond donors (Lipinski definition) is 2. The molecule has 1 aromatic heterocycles. The summed E-state index contributed by atoms with van der Waals surface area (Å²) in [4.78, 5) is 25.4. The minimum absolute atomic E-state index is 0.000299. The molecule has 3 rings (SSSR count). The number of aromatic nitrogens is 3. The van der Waals surface area contributed by atoms with E-state index in [1.807, 2.05) is 18.4 Å². The van der Waals surface area contributed by atoms with E-state index in [4.69, 9.17) is 34.8 Å². The average molecular weight is 553 g/mol. The number of thioether (sulfide) groups is 1. The molecule has 0 saturated carbocycles. The highest BCUT2D eigenvalue weighted by atomic mass is 35.5. The molecular weight excluding hydrogens is 529 g/mol. The summed E-state index contributed by atoms with van der Waals surface area (Å²) >= 11 is 19.5. The summed E-state index contributed by atoms with van der Waals surface area (Å²) < 4.78 is 1.83. The Morgan fingerprint density at radius 2 is 1.86 bits per heavy atom. The van der Waals surface area contributed by atoms with Gasteiger partial charge in [0.1, 0.15) is 0 Å². The van der Waals surface area contributed by atoms with E-state index in [9.17, 15) is 9.59 Å². The van der Waals surface area contributed by atoms with Crippen molar-refractivity contribution >= 4 is 64.1 Å². The Hall–Kier alpha value is -2.52. The molecule has 184 valence electrons. The predicted molar refractivity (Wildman–Crippen MR) is 143 cm³/mol. The summed E-state index contributed by atoms with van der Waals surface area (Å²) in [6.45, 7) is 8.16. The van der Waals surface area contributed by atoms with Crippen molar-refractivity contribution in [2.75, 3.05) is 11.1 Å². The smallest absolute Gasteiger partial charge is 0.253 e. The molecule has 3 aromatic rings. The number of anilines is 1. The Morgan fingerprint density at radius 3 is 2.54 bits per heavy atom. The highest BCUT2D eigenvalue weighted by Gasteiger charge is 2.27. The van der Waals surface area contributed by atoms with Gasteiger partial charge in [-0.2, -0.15) is 0 Å². The second-order valence-electron chi connectivity index (χ2n) is 7.88. The third kappa shape index (κ3) is 7.01. The molecule has 1 atom stereocenters. The Kier molecular flexibility index (Phi) is 9.63. The molecule has 11 heteroatoms. The second-order valence-corrected chi connectivity index (χ2v) is 10.1. The Morgan fingerprint density at radius 1 is 1.11 bits per heavy atom. The van der Waals surface area contributed by atoms with Gasteiger partial charge in [-0.05, 0) is 36.2 Å². The maximum Gasteiger partial charge on any atom is 0.253 e. The van der Waals surface area contributed by atoms with E-state index in [0.29, 0.717) is 43.8 Å². The van der Waals surface area contributed by atoms with Crippen molar-refractivity contribution in [2.24, 2.45) is 5.92 Å². The molecule has 35 heavy (non-hydrogen) atoms. The van der Waals surface area contributed by atoms with Gasteiger partial charge in [-0.3, -0.25) is 9.59 Å². The van der Waals surface area contributed by atoms with Crippen LogP contribution in [-0.4, -0.2) is 32.3 Å². The van der Waals surface area contributed by atoms with Gasteiger partial charge >= 0.3 is 0 Å². The summed E-state index contributed by atoms with van der Waals surface area (Å²) in [5.41, 5.74) is 0.806. The van der Waals surface area contributed by atoms with Gasteiger partial charge in [-0.25, -0.2) is 0 Å². The average Bonchev–Trinajstić information content (AvgIpc) is 3.20. The lowest BCUT2D eigenvalue weighted by Gasteiger charge is -2.23. The van der Waals surface area contributed by atoms with Gasteiger partial charge in [0.2, 0.25) is 5.91 Å². The number of rotatable bonds is 10. The molecule has 2 N–H and O–H groups in total.